The first-order valence-corrected chi connectivity index (χ1v) is 7.88. The number of hydrogen-bond acceptors (Lipinski definition) is 6. The fourth-order valence-corrected chi connectivity index (χ4v) is 3.30. The Morgan fingerprint density at radius 3 is 2.65 bits per heavy atom. The smallest absolute Gasteiger partial charge is 0.327 e. The van der Waals surface area contributed by atoms with Gasteiger partial charge in [0, 0.05) is 18.1 Å². The molecule has 0 amide bonds. The highest BCUT2D eigenvalue weighted by molar-refractivity contribution is 7.99. The Hall–Kier alpha value is -1.14. The molecule has 1 atom stereocenters. The van der Waals surface area contributed by atoms with E-state index >= 15 is 0 Å². The fourth-order valence-electron chi connectivity index (χ4n) is 2.19. The molecule has 1 fully saturated rings. The highest BCUT2D eigenvalue weighted by Gasteiger charge is 2.51. The molecule has 0 bridgehead atoms. The van der Waals surface area contributed by atoms with Gasteiger partial charge in [0.1, 0.15) is 5.54 Å². The van der Waals surface area contributed by atoms with Gasteiger partial charge in [-0.2, -0.15) is 0 Å². The van der Waals surface area contributed by atoms with Crippen molar-refractivity contribution in [3.8, 4) is 0 Å². The molecule has 1 aromatic rings. The molecule has 1 heterocycles. The average Bonchev–Trinajstić information content (AvgIpc) is 3.27. The molecule has 0 aromatic carbocycles. The number of esters is 1. The van der Waals surface area contributed by atoms with Crippen LogP contribution >= 0.6 is 11.8 Å². The molecule has 1 aromatic heterocycles. The molecule has 1 N–H and O–H groups in total. The van der Waals surface area contributed by atoms with Crippen LogP contribution in [0.5, 0.6) is 0 Å². The second-order valence-corrected chi connectivity index (χ2v) is 5.99. The maximum Gasteiger partial charge on any atom is 0.327 e. The Morgan fingerprint density at radius 1 is 1.50 bits per heavy atom. The largest absolute Gasteiger partial charge is 0.465 e. The number of ether oxygens (including phenoxy) is 1. The number of nitrogens with one attached hydrogen (secondary N) is 1. The van der Waals surface area contributed by atoms with E-state index in [1.165, 1.54) is 11.8 Å². The van der Waals surface area contributed by atoms with Crippen molar-refractivity contribution < 1.29 is 9.53 Å². The van der Waals surface area contributed by atoms with Crippen LogP contribution in [0.2, 0.25) is 0 Å². The van der Waals surface area contributed by atoms with E-state index in [2.05, 4.69) is 15.3 Å². The molecule has 110 valence electrons. The molecule has 1 unspecified atom stereocenters. The Kier molecular flexibility index (Phi) is 4.99. The molecule has 0 radical (unpaired) electrons. The van der Waals surface area contributed by atoms with E-state index in [0.717, 1.165) is 18.4 Å². The summed E-state index contributed by atoms with van der Waals surface area (Å²) >= 11 is 1.50. The standard InChI is InChI=1S/C14H21N3O2S/c1-4-19-12(18)14(15-3,11-5-6-11)9-20-13-16-7-10(2)8-17-13/h7-8,11,15H,4-6,9H2,1-3H3. The Labute approximate surface area is 123 Å². The predicted octanol–water partition coefficient (Wildman–Crippen LogP) is 1.81. The molecule has 0 aliphatic heterocycles. The van der Waals surface area contributed by atoms with E-state index in [1.807, 2.05) is 20.9 Å². The minimum absolute atomic E-state index is 0.162. The number of thioether (sulfide) groups is 1. The van der Waals surface area contributed by atoms with Crippen LogP contribution in [0, 0.1) is 12.8 Å². The van der Waals surface area contributed by atoms with E-state index in [1.54, 1.807) is 12.4 Å². The van der Waals surface area contributed by atoms with Gasteiger partial charge in [-0.1, -0.05) is 11.8 Å². The van der Waals surface area contributed by atoms with Crippen LogP contribution in [0.15, 0.2) is 17.6 Å². The summed E-state index contributed by atoms with van der Waals surface area (Å²) in [4.78, 5) is 20.9. The third kappa shape index (κ3) is 3.30. The zero-order valence-corrected chi connectivity index (χ0v) is 13.0. The number of carbonyl (C=O) groups is 1. The van der Waals surface area contributed by atoms with Gasteiger partial charge in [0.15, 0.2) is 5.16 Å². The monoisotopic (exact) mass is 295 g/mol. The van der Waals surface area contributed by atoms with Gasteiger partial charge in [-0.05, 0) is 45.2 Å². The van der Waals surface area contributed by atoms with Gasteiger partial charge in [-0.25, -0.2) is 9.97 Å². The average molecular weight is 295 g/mol. The van der Waals surface area contributed by atoms with E-state index in [4.69, 9.17) is 4.74 Å². The molecule has 0 saturated heterocycles. The van der Waals surface area contributed by atoms with Gasteiger partial charge in [0.25, 0.3) is 0 Å². The lowest BCUT2D eigenvalue weighted by Gasteiger charge is -2.30. The van der Waals surface area contributed by atoms with Crippen molar-refractivity contribution in [2.45, 2.75) is 37.4 Å². The van der Waals surface area contributed by atoms with Crippen molar-refractivity contribution in [2.24, 2.45) is 5.92 Å². The molecule has 0 spiro atoms. The zero-order chi connectivity index (χ0) is 14.6. The van der Waals surface area contributed by atoms with Crippen LogP contribution in [-0.4, -0.2) is 40.9 Å². The number of nitrogens with zero attached hydrogens (tertiary/aromatic N) is 2. The number of aryl methyl sites for hydroxylation is 1. The third-order valence-electron chi connectivity index (χ3n) is 3.55. The maximum atomic E-state index is 12.3. The molecule has 5 nitrogen and oxygen atoms in total. The van der Waals surface area contributed by atoms with E-state index < -0.39 is 5.54 Å². The fraction of sp³-hybridized carbons (Fsp3) is 0.643. The lowest BCUT2D eigenvalue weighted by molar-refractivity contribution is -0.150. The predicted molar refractivity (Wildman–Crippen MR) is 78.6 cm³/mol. The molecular formula is C14H21N3O2S. The van der Waals surface area contributed by atoms with Crippen molar-refractivity contribution in [3.63, 3.8) is 0 Å². The van der Waals surface area contributed by atoms with E-state index in [-0.39, 0.29) is 5.97 Å². The lowest BCUT2D eigenvalue weighted by Crippen LogP contribution is -2.55. The first kappa shape index (κ1) is 15.3. The Morgan fingerprint density at radius 2 is 2.15 bits per heavy atom. The van der Waals surface area contributed by atoms with Crippen LogP contribution in [0.4, 0.5) is 0 Å². The molecular weight excluding hydrogens is 274 g/mol. The first-order chi connectivity index (χ1) is 9.62. The number of hydrogen-bond donors (Lipinski definition) is 1. The number of rotatable bonds is 7. The summed E-state index contributed by atoms with van der Waals surface area (Å²) in [5.74, 6) is 0.782. The van der Waals surface area contributed by atoms with Crippen molar-refractivity contribution in [2.75, 3.05) is 19.4 Å². The van der Waals surface area contributed by atoms with E-state index in [9.17, 15) is 4.79 Å². The molecule has 1 saturated carbocycles. The summed E-state index contributed by atoms with van der Waals surface area (Å²) in [6.07, 6.45) is 5.71. The normalized spacial score (nSPS) is 17.6. The molecule has 2 rings (SSSR count). The summed E-state index contributed by atoms with van der Waals surface area (Å²) in [6, 6.07) is 0. The molecule has 6 heteroatoms. The second kappa shape index (κ2) is 6.54. The van der Waals surface area contributed by atoms with Crippen molar-refractivity contribution in [1.82, 2.24) is 15.3 Å². The van der Waals surface area contributed by atoms with Crippen molar-refractivity contribution in [3.05, 3.63) is 18.0 Å². The second-order valence-electron chi connectivity index (χ2n) is 5.05. The molecule has 20 heavy (non-hydrogen) atoms. The zero-order valence-electron chi connectivity index (χ0n) is 12.2. The van der Waals surface area contributed by atoms with Crippen LogP contribution in [0.25, 0.3) is 0 Å². The van der Waals surface area contributed by atoms with Crippen molar-refractivity contribution in [1.29, 1.82) is 0 Å². The van der Waals surface area contributed by atoms with Crippen LogP contribution < -0.4 is 5.32 Å². The van der Waals surface area contributed by atoms with Crippen LogP contribution in [-0.2, 0) is 9.53 Å². The maximum absolute atomic E-state index is 12.3. The summed E-state index contributed by atoms with van der Waals surface area (Å²) in [7, 11) is 1.83. The van der Waals surface area contributed by atoms with Crippen LogP contribution in [0.3, 0.4) is 0 Å². The van der Waals surface area contributed by atoms with Gasteiger partial charge in [-0.3, -0.25) is 4.79 Å². The summed E-state index contributed by atoms with van der Waals surface area (Å²) in [6.45, 7) is 4.19. The Balaban J connectivity index is 2.07. The number of likely N-dealkylation sites (N-methyl/N-ethyl adjacent to an activating group) is 1. The van der Waals surface area contributed by atoms with Gasteiger partial charge in [0.2, 0.25) is 0 Å². The Bertz CT molecular complexity index is 462. The van der Waals surface area contributed by atoms with Crippen molar-refractivity contribution >= 4 is 17.7 Å². The topological polar surface area (TPSA) is 64.1 Å². The SMILES string of the molecule is CCOC(=O)C(CSc1ncc(C)cn1)(NC)C1CC1. The lowest BCUT2D eigenvalue weighted by atomic mass is 9.96. The minimum Gasteiger partial charge on any atom is -0.465 e. The molecule has 1 aliphatic carbocycles. The summed E-state index contributed by atoms with van der Waals surface area (Å²) < 4.78 is 5.25. The number of aromatic nitrogens is 2. The third-order valence-corrected chi connectivity index (χ3v) is 4.61. The van der Waals surface area contributed by atoms with Gasteiger partial charge >= 0.3 is 5.97 Å². The highest BCUT2D eigenvalue weighted by Crippen LogP contribution is 2.42. The summed E-state index contributed by atoms with van der Waals surface area (Å²) in [5.41, 5.74) is 0.413. The first-order valence-electron chi connectivity index (χ1n) is 6.90. The van der Waals surface area contributed by atoms with Gasteiger partial charge in [-0.15, -0.1) is 0 Å². The quantitative estimate of drug-likeness (QED) is 0.470. The van der Waals surface area contributed by atoms with Gasteiger partial charge < -0.3 is 10.1 Å². The summed E-state index contributed by atoms with van der Waals surface area (Å²) in [5, 5.41) is 3.89. The highest BCUT2D eigenvalue weighted by atomic mass is 32.2. The van der Waals surface area contributed by atoms with Crippen LogP contribution in [0.1, 0.15) is 25.3 Å². The minimum atomic E-state index is -0.616. The van der Waals surface area contributed by atoms with Gasteiger partial charge in [0.05, 0.1) is 6.61 Å². The molecule has 1 aliphatic rings. The van der Waals surface area contributed by atoms with E-state index in [0.29, 0.717) is 23.4 Å². The number of carbonyl (C=O) groups excluding carboxylic acids is 1.